The Kier molecular flexibility index (Phi) is 4.81. The van der Waals surface area contributed by atoms with Crippen molar-refractivity contribution in [1.29, 1.82) is 0 Å². The molecule has 1 aromatic heterocycles. The standard InChI is InChI=1S/C9H4Br2N2O3.C7H13N/c10-3-1-5-6(2-4(3)11)13-8(14)7(12-5)9(15)16;8-7-3-1-6(5-7)2-4-7/h1-2H,(H,13,14)(H,15,16);6H,1-5,8H2. The van der Waals surface area contributed by atoms with Crippen LogP contribution in [0.25, 0.3) is 11.0 Å². The molecule has 0 atom stereocenters. The summed E-state index contributed by atoms with van der Waals surface area (Å²) in [6, 6.07) is 3.28. The van der Waals surface area contributed by atoms with Gasteiger partial charge in [0.1, 0.15) is 0 Å². The largest absolute Gasteiger partial charge is 0.476 e. The lowest BCUT2D eigenvalue weighted by atomic mass is 9.95. The van der Waals surface area contributed by atoms with Crippen molar-refractivity contribution in [2.75, 3.05) is 0 Å². The Hall–Kier alpha value is -1.25. The summed E-state index contributed by atoms with van der Waals surface area (Å²) in [6.45, 7) is 0. The van der Waals surface area contributed by atoms with E-state index in [1.165, 1.54) is 32.1 Å². The molecular weight excluding hydrogens is 442 g/mol. The summed E-state index contributed by atoms with van der Waals surface area (Å²) in [5.41, 5.74) is 5.97. The van der Waals surface area contributed by atoms with Gasteiger partial charge < -0.3 is 15.8 Å². The molecule has 8 heteroatoms. The van der Waals surface area contributed by atoms with Crippen molar-refractivity contribution in [2.24, 2.45) is 11.7 Å². The summed E-state index contributed by atoms with van der Waals surface area (Å²) >= 11 is 6.55. The average Bonchev–Trinajstić information content (AvgIpc) is 3.07. The molecule has 2 bridgehead atoms. The number of carbonyl (C=O) groups is 1. The van der Waals surface area contributed by atoms with Crippen LogP contribution in [0.5, 0.6) is 0 Å². The van der Waals surface area contributed by atoms with Crippen LogP contribution in [0.2, 0.25) is 0 Å². The van der Waals surface area contributed by atoms with E-state index in [4.69, 9.17) is 10.8 Å². The molecule has 1 heterocycles. The molecule has 2 aliphatic carbocycles. The minimum Gasteiger partial charge on any atom is -0.476 e. The second-order valence-electron chi connectivity index (χ2n) is 6.51. The highest BCUT2D eigenvalue weighted by atomic mass is 79.9. The SMILES string of the molecule is NC12CCC(CC1)C2.O=C(O)c1nc2cc(Br)c(Br)cc2[nH]c1=O. The molecular formula is C16H17Br2N3O3. The van der Waals surface area contributed by atoms with Crippen molar-refractivity contribution < 1.29 is 9.90 Å². The number of nitrogens with zero attached hydrogens (tertiary/aromatic N) is 1. The number of carboxylic acid groups (broad SMARTS) is 1. The lowest BCUT2D eigenvalue weighted by Gasteiger charge is -2.19. The quantitative estimate of drug-likeness (QED) is 0.606. The van der Waals surface area contributed by atoms with Gasteiger partial charge in [-0.15, -0.1) is 0 Å². The van der Waals surface area contributed by atoms with E-state index in [0.29, 0.717) is 16.6 Å². The first-order valence-corrected chi connectivity index (χ1v) is 9.27. The fourth-order valence-electron chi connectivity index (χ4n) is 3.46. The summed E-state index contributed by atoms with van der Waals surface area (Å²) < 4.78 is 1.48. The maximum absolute atomic E-state index is 11.3. The molecule has 2 aromatic rings. The second kappa shape index (κ2) is 6.57. The Morgan fingerprint density at radius 1 is 1.29 bits per heavy atom. The zero-order chi connectivity index (χ0) is 17.5. The zero-order valence-electron chi connectivity index (χ0n) is 12.8. The number of nitrogens with two attached hydrogens (primary N) is 1. The van der Waals surface area contributed by atoms with Gasteiger partial charge in [-0.25, -0.2) is 9.78 Å². The van der Waals surface area contributed by atoms with Gasteiger partial charge in [-0.1, -0.05) is 0 Å². The van der Waals surface area contributed by atoms with Crippen molar-refractivity contribution in [1.82, 2.24) is 9.97 Å². The molecule has 2 aliphatic rings. The smallest absolute Gasteiger partial charge is 0.360 e. The van der Waals surface area contributed by atoms with E-state index in [-0.39, 0.29) is 0 Å². The number of rotatable bonds is 1. The predicted octanol–water partition coefficient (Wildman–Crippen LogP) is 3.42. The van der Waals surface area contributed by atoms with Crippen molar-refractivity contribution in [3.63, 3.8) is 0 Å². The number of fused-ring (bicyclic) bond motifs is 3. The summed E-state index contributed by atoms with van der Waals surface area (Å²) in [5, 5.41) is 8.75. The number of aromatic amines is 1. The van der Waals surface area contributed by atoms with Crippen LogP contribution in [0.1, 0.15) is 42.6 Å². The van der Waals surface area contributed by atoms with Gasteiger partial charge in [0.25, 0.3) is 5.56 Å². The molecule has 4 N–H and O–H groups in total. The van der Waals surface area contributed by atoms with Crippen LogP contribution in [0, 0.1) is 5.92 Å². The summed E-state index contributed by atoms with van der Waals surface area (Å²) in [4.78, 5) is 28.3. The monoisotopic (exact) mass is 457 g/mol. The molecule has 4 rings (SSSR count). The molecule has 128 valence electrons. The minimum atomic E-state index is -1.35. The molecule has 0 radical (unpaired) electrons. The number of benzene rings is 1. The highest BCUT2D eigenvalue weighted by Crippen LogP contribution is 2.45. The van der Waals surface area contributed by atoms with E-state index in [0.717, 1.165) is 14.9 Å². The highest BCUT2D eigenvalue weighted by molar-refractivity contribution is 9.13. The average molecular weight is 459 g/mol. The minimum absolute atomic E-state index is 0.310. The predicted molar refractivity (Wildman–Crippen MR) is 98.2 cm³/mol. The van der Waals surface area contributed by atoms with Crippen molar-refractivity contribution in [3.05, 3.63) is 37.1 Å². The van der Waals surface area contributed by atoms with E-state index in [1.807, 2.05) is 0 Å². The van der Waals surface area contributed by atoms with Crippen molar-refractivity contribution in [2.45, 2.75) is 37.6 Å². The van der Waals surface area contributed by atoms with Crippen LogP contribution in [0.15, 0.2) is 25.9 Å². The zero-order valence-corrected chi connectivity index (χ0v) is 16.0. The molecule has 6 nitrogen and oxygen atoms in total. The molecule has 0 saturated heterocycles. The van der Waals surface area contributed by atoms with Gasteiger partial charge in [0.15, 0.2) is 0 Å². The van der Waals surface area contributed by atoms with Gasteiger partial charge in [-0.3, -0.25) is 4.79 Å². The topological polar surface area (TPSA) is 109 Å². The van der Waals surface area contributed by atoms with Crippen LogP contribution < -0.4 is 11.3 Å². The van der Waals surface area contributed by atoms with E-state index < -0.39 is 17.2 Å². The van der Waals surface area contributed by atoms with Crippen LogP contribution in [-0.2, 0) is 0 Å². The molecule has 0 aliphatic heterocycles. The molecule has 24 heavy (non-hydrogen) atoms. The normalized spacial score (nSPS) is 24.7. The fourth-order valence-corrected chi connectivity index (χ4v) is 4.14. The first-order chi connectivity index (χ1) is 11.3. The van der Waals surface area contributed by atoms with Crippen LogP contribution in [-0.4, -0.2) is 26.6 Å². The van der Waals surface area contributed by atoms with Crippen LogP contribution in [0.4, 0.5) is 0 Å². The number of aromatic carboxylic acids is 1. The van der Waals surface area contributed by atoms with Crippen LogP contribution in [0.3, 0.4) is 0 Å². The van der Waals surface area contributed by atoms with Gasteiger partial charge in [0.2, 0.25) is 5.69 Å². The Morgan fingerprint density at radius 3 is 2.38 bits per heavy atom. The Bertz CT molecular complexity index is 858. The van der Waals surface area contributed by atoms with Gasteiger partial charge in [-0.05, 0) is 82.0 Å². The Morgan fingerprint density at radius 2 is 1.92 bits per heavy atom. The first-order valence-electron chi connectivity index (χ1n) is 7.69. The summed E-state index contributed by atoms with van der Waals surface area (Å²) in [7, 11) is 0. The number of hydrogen-bond donors (Lipinski definition) is 3. The second-order valence-corrected chi connectivity index (χ2v) is 8.22. The molecule has 0 spiro atoms. The maximum Gasteiger partial charge on any atom is 0.360 e. The van der Waals surface area contributed by atoms with Crippen molar-refractivity contribution >= 4 is 48.9 Å². The third-order valence-corrected chi connectivity index (χ3v) is 6.58. The third kappa shape index (κ3) is 3.55. The summed E-state index contributed by atoms with van der Waals surface area (Å²) in [5.74, 6) is -0.331. The van der Waals surface area contributed by atoms with E-state index in [1.54, 1.807) is 12.1 Å². The van der Waals surface area contributed by atoms with Gasteiger partial charge in [0, 0.05) is 14.5 Å². The molecule has 1 aromatic carbocycles. The Labute approximate surface area is 155 Å². The van der Waals surface area contributed by atoms with E-state index >= 15 is 0 Å². The number of halogens is 2. The molecule has 0 amide bonds. The number of hydrogen-bond acceptors (Lipinski definition) is 4. The maximum atomic E-state index is 11.3. The van der Waals surface area contributed by atoms with Gasteiger partial charge in [-0.2, -0.15) is 0 Å². The number of carboxylic acids is 1. The lowest BCUT2D eigenvalue weighted by molar-refractivity contribution is 0.0689. The molecule has 0 unspecified atom stereocenters. The highest BCUT2D eigenvalue weighted by Gasteiger charge is 2.41. The third-order valence-electron chi connectivity index (χ3n) is 4.73. The number of aromatic nitrogens is 2. The molecule has 2 saturated carbocycles. The fraction of sp³-hybridized carbons (Fsp3) is 0.438. The Balaban J connectivity index is 0.000000175. The summed E-state index contributed by atoms with van der Waals surface area (Å²) in [6.07, 6.45) is 6.76. The number of H-pyrrole nitrogens is 1. The van der Waals surface area contributed by atoms with Crippen molar-refractivity contribution in [3.8, 4) is 0 Å². The number of nitrogens with one attached hydrogen (secondary N) is 1. The molecule has 2 fully saturated rings. The van der Waals surface area contributed by atoms with E-state index in [2.05, 4.69) is 41.8 Å². The van der Waals surface area contributed by atoms with Crippen LogP contribution >= 0.6 is 31.9 Å². The van der Waals surface area contributed by atoms with Gasteiger partial charge in [0.05, 0.1) is 11.0 Å². The van der Waals surface area contributed by atoms with Gasteiger partial charge >= 0.3 is 5.97 Å². The first kappa shape index (κ1) is 17.6. The lowest BCUT2D eigenvalue weighted by Crippen LogP contribution is -2.33. The van der Waals surface area contributed by atoms with E-state index in [9.17, 15) is 9.59 Å².